The Morgan fingerprint density at radius 2 is 0.650 bits per heavy atom. The molecule has 352 valence electrons. The molecule has 6 heteroatoms. The van der Waals surface area contributed by atoms with Crippen LogP contribution in [0.5, 0.6) is 0 Å². The second kappa shape index (κ2) is 49.5. The average Bonchev–Trinajstić information content (AvgIpc) is 3.24. The summed E-state index contributed by atoms with van der Waals surface area (Å²) in [6, 6.07) is 0. The molecule has 0 fully saturated rings. The third-order valence-electron chi connectivity index (χ3n) is 11.7. The third-order valence-corrected chi connectivity index (χ3v) is 11.7. The summed E-state index contributed by atoms with van der Waals surface area (Å²) >= 11 is 0. The topological polar surface area (TPSA) is 78.9 Å². The summed E-state index contributed by atoms with van der Waals surface area (Å²) in [4.78, 5) is 38.6. The molecule has 0 saturated carbocycles. The lowest BCUT2D eigenvalue weighted by molar-refractivity contribution is -0.172. The Morgan fingerprint density at radius 3 is 1.02 bits per heavy atom. The van der Waals surface area contributed by atoms with Crippen LogP contribution in [0.2, 0.25) is 0 Å². The van der Waals surface area contributed by atoms with Crippen LogP contribution in [0.25, 0.3) is 0 Å². The Hall–Kier alpha value is -2.11. The zero-order chi connectivity index (χ0) is 43.7. The minimum Gasteiger partial charge on any atom is -0.466 e. The van der Waals surface area contributed by atoms with Gasteiger partial charge >= 0.3 is 17.9 Å². The first-order chi connectivity index (χ1) is 29.5. The lowest BCUT2D eigenvalue weighted by atomic mass is 10.1. The van der Waals surface area contributed by atoms with E-state index in [4.69, 9.17) is 14.2 Å². The van der Waals surface area contributed by atoms with Gasteiger partial charge in [-0.2, -0.15) is 0 Å². The third kappa shape index (κ3) is 45.4. The van der Waals surface area contributed by atoms with Gasteiger partial charge in [0.2, 0.25) is 6.10 Å². The Labute approximate surface area is 373 Å². The molecule has 1 unspecified atom stereocenters. The van der Waals surface area contributed by atoms with Crippen molar-refractivity contribution >= 4 is 17.9 Å². The molecular weight excluding hydrogens is 745 g/mol. The second-order valence-electron chi connectivity index (χ2n) is 17.7. The van der Waals surface area contributed by atoms with Crippen molar-refractivity contribution in [3.63, 3.8) is 0 Å². The molecule has 0 aromatic heterocycles. The molecule has 6 nitrogen and oxygen atoms in total. The zero-order valence-corrected chi connectivity index (χ0v) is 40.2. The SMILES string of the molecule is CCCCCCCCC=CCCCCCCCCOC(=O)CC(OC(=O)CCCCCCCCCCCCC)C(=O)OCCCCCCCCC=CCCCCCCCC. The average molecular weight is 845 g/mol. The summed E-state index contributed by atoms with van der Waals surface area (Å²) < 4.78 is 16.6. The predicted molar refractivity (Wildman–Crippen MR) is 256 cm³/mol. The van der Waals surface area contributed by atoms with Crippen LogP contribution in [0.3, 0.4) is 0 Å². The molecule has 0 radical (unpaired) electrons. The predicted octanol–water partition coefficient (Wildman–Crippen LogP) is 17.2. The molecule has 0 heterocycles. The highest BCUT2D eigenvalue weighted by atomic mass is 16.6. The van der Waals surface area contributed by atoms with Gasteiger partial charge in [-0.3, -0.25) is 9.59 Å². The van der Waals surface area contributed by atoms with Crippen molar-refractivity contribution in [3.8, 4) is 0 Å². The Kier molecular flexibility index (Phi) is 47.8. The van der Waals surface area contributed by atoms with E-state index >= 15 is 0 Å². The molecule has 0 bridgehead atoms. The lowest BCUT2D eigenvalue weighted by Crippen LogP contribution is -2.32. The fourth-order valence-electron chi connectivity index (χ4n) is 7.69. The fourth-order valence-corrected chi connectivity index (χ4v) is 7.69. The number of carbonyl (C=O) groups is 3. The number of allylic oxidation sites excluding steroid dienone is 4. The van der Waals surface area contributed by atoms with Gasteiger partial charge in [-0.15, -0.1) is 0 Å². The first kappa shape index (κ1) is 57.9. The maximum absolute atomic E-state index is 13.0. The van der Waals surface area contributed by atoms with Crippen molar-refractivity contribution in [1.82, 2.24) is 0 Å². The van der Waals surface area contributed by atoms with Crippen LogP contribution in [0, 0.1) is 0 Å². The monoisotopic (exact) mass is 845 g/mol. The molecule has 0 N–H and O–H groups in total. The largest absolute Gasteiger partial charge is 0.466 e. The molecular formula is C54H100O6. The minimum absolute atomic E-state index is 0.250. The smallest absolute Gasteiger partial charge is 0.348 e. The summed E-state index contributed by atoms with van der Waals surface area (Å²) in [5.74, 6) is -1.58. The first-order valence-electron chi connectivity index (χ1n) is 26.4. The van der Waals surface area contributed by atoms with Crippen LogP contribution in [-0.4, -0.2) is 37.2 Å². The lowest BCUT2D eigenvalue weighted by Gasteiger charge is -2.17. The van der Waals surface area contributed by atoms with Crippen molar-refractivity contribution < 1.29 is 28.6 Å². The molecule has 0 rings (SSSR count). The van der Waals surface area contributed by atoms with Crippen LogP contribution < -0.4 is 0 Å². The molecule has 0 aliphatic heterocycles. The Morgan fingerprint density at radius 1 is 0.350 bits per heavy atom. The van der Waals surface area contributed by atoms with Crippen molar-refractivity contribution in [3.05, 3.63) is 24.3 Å². The standard InChI is InChI=1S/C54H100O6/c1-4-7-10-13-16-19-22-24-26-28-30-33-36-39-42-45-48-58-53(56)50-51(60-52(55)47-44-41-38-35-32-21-18-15-12-9-6-3)54(57)59-49-46-43-40-37-34-31-29-27-25-23-20-17-14-11-8-5-2/h24-27,51H,4-23,28-50H2,1-3H3. The van der Waals surface area contributed by atoms with E-state index in [1.54, 1.807) is 0 Å². The molecule has 60 heavy (non-hydrogen) atoms. The number of unbranched alkanes of at least 4 members (excludes halogenated alkanes) is 34. The zero-order valence-electron chi connectivity index (χ0n) is 40.2. The van der Waals surface area contributed by atoms with Crippen LogP contribution >= 0.6 is 0 Å². The molecule has 0 aliphatic carbocycles. The highest BCUT2D eigenvalue weighted by molar-refractivity contribution is 5.84. The van der Waals surface area contributed by atoms with Gasteiger partial charge in [0.05, 0.1) is 19.6 Å². The molecule has 0 spiro atoms. The van der Waals surface area contributed by atoms with Crippen LogP contribution in [-0.2, 0) is 28.6 Å². The summed E-state index contributed by atoms with van der Waals surface area (Å²) in [5.41, 5.74) is 0. The molecule has 0 aromatic carbocycles. The quantitative estimate of drug-likeness (QED) is 0.0263. The van der Waals surface area contributed by atoms with Gasteiger partial charge in [0.15, 0.2) is 0 Å². The van der Waals surface area contributed by atoms with Crippen molar-refractivity contribution in [2.75, 3.05) is 13.2 Å². The van der Waals surface area contributed by atoms with E-state index in [1.165, 1.54) is 186 Å². The van der Waals surface area contributed by atoms with Crippen LogP contribution in [0.15, 0.2) is 24.3 Å². The highest BCUT2D eigenvalue weighted by Crippen LogP contribution is 2.16. The van der Waals surface area contributed by atoms with Crippen LogP contribution in [0.1, 0.15) is 284 Å². The number of hydrogen-bond donors (Lipinski definition) is 0. The van der Waals surface area contributed by atoms with Gasteiger partial charge in [-0.05, 0) is 70.6 Å². The number of ether oxygens (including phenoxy) is 3. The van der Waals surface area contributed by atoms with E-state index in [0.29, 0.717) is 6.61 Å². The van der Waals surface area contributed by atoms with Gasteiger partial charge in [0, 0.05) is 6.42 Å². The molecule has 0 saturated heterocycles. The minimum atomic E-state index is -1.24. The van der Waals surface area contributed by atoms with Gasteiger partial charge in [0.25, 0.3) is 0 Å². The van der Waals surface area contributed by atoms with E-state index in [0.717, 1.165) is 64.2 Å². The summed E-state index contributed by atoms with van der Waals surface area (Å²) in [6.45, 7) is 7.38. The van der Waals surface area contributed by atoms with Gasteiger partial charge in [-0.25, -0.2) is 4.79 Å². The molecule has 0 aliphatic rings. The van der Waals surface area contributed by atoms with E-state index in [2.05, 4.69) is 45.1 Å². The van der Waals surface area contributed by atoms with Crippen molar-refractivity contribution in [2.45, 2.75) is 290 Å². The van der Waals surface area contributed by atoms with Crippen molar-refractivity contribution in [1.29, 1.82) is 0 Å². The maximum atomic E-state index is 13.0. The maximum Gasteiger partial charge on any atom is 0.348 e. The number of hydrogen-bond acceptors (Lipinski definition) is 6. The van der Waals surface area contributed by atoms with E-state index in [9.17, 15) is 14.4 Å². The van der Waals surface area contributed by atoms with Gasteiger partial charge in [-0.1, -0.05) is 225 Å². The second-order valence-corrected chi connectivity index (χ2v) is 17.7. The highest BCUT2D eigenvalue weighted by Gasteiger charge is 2.28. The summed E-state index contributed by atoms with van der Waals surface area (Å²) in [5, 5.41) is 0. The van der Waals surface area contributed by atoms with Gasteiger partial charge < -0.3 is 14.2 Å². The number of esters is 3. The van der Waals surface area contributed by atoms with Crippen LogP contribution in [0.4, 0.5) is 0 Å². The molecule has 0 amide bonds. The number of rotatable bonds is 48. The van der Waals surface area contributed by atoms with Crippen molar-refractivity contribution in [2.24, 2.45) is 0 Å². The van der Waals surface area contributed by atoms with E-state index in [-0.39, 0.29) is 19.4 Å². The normalized spacial score (nSPS) is 12.1. The Balaban J connectivity index is 4.35. The van der Waals surface area contributed by atoms with E-state index in [1.807, 2.05) is 0 Å². The number of carbonyl (C=O) groups excluding carboxylic acids is 3. The first-order valence-corrected chi connectivity index (χ1v) is 26.4. The fraction of sp³-hybridized carbons (Fsp3) is 0.870. The summed E-state index contributed by atoms with van der Waals surface area (Å²) in [7, 11) is 0. The molecule has 0 aromatic rings. The van der Waals surface area contributed by atoms with E-state index < -0.39 is 24.0 Å². The Bertz CT molecular complexity index is 973. The summed E-state index contributed by atoms with van der Waals surface area (Å²) in [6.07, 6.45) is 55.4. The van der Waals surface area contributed by atoms with Gasteiger partial charge in [0.1, 0.15) is 0 Å². The molecule has 1 atom stereocenters.